The number of hydrogen-bond donors (Lipinski definition) is 3. The van der Waals surface area contributed by atoms with Gasteiger partial charge in [0, 0.05) is 12.5 Å². The van der Waals surface area contributed by atoms with Gasteiger partial charge in [-0.15, -0.1) is 0 Å². The normalized spacial score (nSPS) is 11.5. The number of oxazole rings is 1. The van der Waals surface area contributed by atoms with E-state index in [9.17, 15) is 13.2 Å². The van der Waals surface area contributed by atoms with Gasteiger partial charge in [-0.25, -0.2) is 15.8 Å². The highest BCUT2D eigenvalue weighted by atomic mass is 19.4. The number of hydrogen-bond acceptors (Lipinski definition) is 7. The van der Waals surface area contributed by atoms with Crippen molar-refractivity contribution in [2.24, 2.45) is 5.84 Å². The maximum Gasteiger partial charge on any atom is 0.433 e. The Labute approximate surface area is 117 Å². The summed E-state index contributed by atoms with van der Waals surface area (Å²) in [5, 5.41) is 2.68. The molecule has 2 heterocycles. The van der Waals surface area contributed by atoms with Gasteiger partial charge in [0.05, 0.1) is 12.7 Å². The van der Waals surface area contributed by atoms with Crippen molar-refractivity contribution in [2.75, 3.05) is 10.7 Å². The lowest BCUT2D eigenvalue weighted by atomic mass is 10.3. The Morgan fingerprint density at radius 2 is 2.10 bits per heavy atom. The van der Waals surface area contributed by atoms with Gasteiger partial charge in [0.15, 0.2) is 5.69 Å². The van der Waals surface area contributed by atoms with Gasteiger partial charge in [-0.05, 0) is 0 Å². The van der Waals surface area contributed by atoms with Crippen LogP contribution in [0.4, 0.5) is 24.9 Å². The third-order valence-electron chi connectivity index (χ3n) is 2.52. The van der Waals surface area contributed by atoms with E-state index in [4.69, 9.17) is 10.3 Å². The monoisotopic (exact) mass is 302 g/mol. The van der Waals surface area contributed by atoms with E-state index in [0.717, 1.165) is 6.07 Å². The number of anilines is 2. The highest BCUT2D eigenvalue weighted by molar-refractivity contribution is 5.42. The third-order valence-corrected chi connectivity index (χ3v) is 2.52. The molecule has 7 nitrogen and oxygen atoms in total. The number of alkyl halides is 3. The van der Waals surface area contributed by atoms with Crippen LogP contribution >= 0.6 is 0 Å². The molecule has 21 heavy (non-hydrogen) atoms. The van der Waals surface area contributed by atoms with Crippen LogP contribution in [0.3, 0.4) is 0 Å². The summed E-state index contributed by atoms with van der Waals surface area (Å²) in [7, 11) is 0. The molecule has 0 aliphatic rings. The average molecular weight is 302 g/mol. The number of rotatable bonds is 5. The Balaban J connectivity index is 2.15. The third kappa shape index (κ3) is 3.81. The number of nitrogens with two attached hydrogens (primary N) is 1. The molecule has 0 bridgehead atoms. The van der Waals surface area contributed by atoms with E-state index in [1.165, 1.54) is 0 Å². The summed E-state index contributed by atoms with van der Waals surface area (Å²) < 4.78 is 43.4. The minimum absolute atomic E-state index is 0.0403. The van der Waals surface area contributed by atoms with Crippen LogP contribution in [0, 0.1) is 0 Å². The summed E-state index contributed by atoms with van der Waals surface area (Å²) in [6.07, 6.45) is -2.35. The van der Waals surface area contributed by atoms with E-state index in [-0.39, 0.29) is 18.3 Å². The first-order valence-electron chi connectivity index (χ1n) is 6.02. The van der Waals surface area contributed by atoms with Gasteiger partial charge in [-0.2, -0.15) is 18.2 Å². The lowest BCUT2D eigenvalue weighted by molar-refractivity contribution is -0.141. The highest BCUT2D eigenvalue weighted by Gasteiger charge is 2.33. The lowest BCUT2D eigenvalue weighted by Gasteiger charge is -2.10. The minimum atomic E-state index is -4.59. The van der Waals surface area contributed by atoms with Gasteiger partial charge < -0.3 is 9.73 Å². The summed E-state index contributed by atoms with van der Waals surface area (Å²) in [4.78, 5) is 11.0. The second kappa shape index (κ2) is 5.95. The topological polar surface area (TPSA) is 102 Å². The van der Waals surface area contributed by atoms with Crippen LogP contribution in [0.5, 0.6) is 0 Å². The van der Waals surface area contributed by atoms with Gasteiger partial charge in [-0.1, -0.05) is 6.92 Å². The second-order valence-electron chi connectivity index (χ2n) is 4.03. The highest BCUT2D eigenvalue weighted by Crippen LogP contribution is 2.29. The minimum Gasteiger partial charge on any atom is -0.444 e. The molecule has 2 rings (SSSR count). The molecule has 0 spiro atoms. The molecule has 0 aliphatic carbocycles. The SMILES string of the molecule is CCc1cnc(CNc2cc(C(F)(F)F)nc(NN)n2)o1. The number of nitrogens with zero attached hydrogens (tertiary/aromatic N) is 3. The summed E-state index contributed by atoms with van der Waals surface area (Å²) in [5.74, 6) is 5.72. The van der Waals surface area contributed by atoms with Crippen LogP contribution in [-0.4, -0.2) is 15.0 Å². The van der Waals surface area contributed by atoms with E-state index in [1.54, 1.807) is 6.20 Å². The second-order valence-corrected chi connectivity index (χ2v) is 4.03. The van der Waals surface area contributed by atoms with Gasteiger partial charge in [-0.3, -0.25) is 5.43 Å². The zero-order valence-corrected chi connectivity index (χ0v) is 11.0. The van der Waals surface area contributed by atoms with E-state index < -0.39 is 11.9 Å². The smallest absolute Gasteiger partial charge is 0.433 e. The molecule has 4 N–H and O–H groups in total. The molecule has 0 unspecified atom stereocenters. The molecule has 0 saturated carbocycles. The molecule has 10 heteroatoms. The standard InChI is InChI=1S/C11H13F3N6O/c1-2-6-4-17-9(21-6)5-16-8-3-7(11(12,13)14)18-10(19-8)20-15/h3-4H,2,5,15H2,1H3,(H2,16,18,19,20). The molecule has 2 aromatic heterocycles. The lowest BCUT2D eigenvalue weighted by Crippen LogP contribution is -2.16. The number of halogens is 3. The number of aromatic nitrogens is 3. The fraction of sp³-hybridized carbons (Fsp3) is 0.364. The predicted molar refractivity (Wildman–Crippen MR) is 68.1 cm³/mol. The van der Waals surface area contributed by atoms with Gasteiger partial charge in [0.25, 0.3) is 0 Å². The molecule has 0 aliphatic heterocycles. The van der Waals surface area contributed by atoms with Crippen LogP contribution < -0.4 is 16.6 Å². The van der Waals surface area contributed by atoms with E-state index in [2.05, 4.69) is 20.3 Å². The van der Waals surface area contributed by atoms with Gasteiger partial charge >= 0.3 is 6.18 Å². The molecule has 0 amide bonds. The molecule has 0 saturated heterocycles. The first-order chi connectivity index (χ1) is 9.92. The summed E-state index contributed by atoms with van der Waals surface area (Å²) in [6.45, 7) is 2.00. The van der Waals surface area contributed by atoms with Crippen LogP contribution in [0.25, 0.3) is 0 Å². The summed E-state index contributed by atoms with van der Waals surface area (Å²) in [5.41, 5.74) is 0.888. The van der Waals surface area contributed by atoms with Gasteiger partial charge in [0.1, 0.15) is 11.6 Å². The van der Waals surface area contributed by atoms with Crippen LogP contribution in [-0.2, 0) is 19.1 Å². The molecule has 0 radical (unpaired) electrons. The maximum absolute atomic E-state index is 12.7. The zero-order chi connectivity index (χ0) is 15.5. The fourth-order valence-electron chi connectivity index (χ4n) is 1.51. The Bertz CT molecular complexity index is 612. The Kier molecular flexibility index (Phi) is 4.26. The summed E-state index contributed by atoms with van der Waals surface area (Å²) >= 11 is 0. The van der Waals surface area contributed by atoms with Crippen LogP contribution in [0.15, 0.2) is 16.7 Å². The maximum atomic E-state index is 12.7. The number of nitrogens with one attached hydrogen (secondary N) is 2. The molecular weight excluding hydrogens is 289 g/mol. The molecule has 114 valence electrons. The van der Waals surface area contributed by atoms with Crippen molar-refractivity contribution in [2.45, 2.75) is 26.1 Å². The average Bonchev–Trinajstić information content (AvgIpc) is 2.92. The molecule has 0 atom stereocenters. The van der Waals surface area contributed by atoms with E-state index >= 15 is 0 Å². The Morgan fingerprint density at radius 3 is 2.67 bits per heavy atom. The fourth-order valence-corrected chi connectivity index (χ4v) is 1.51. The zero-order valence-electron chi connectivity index (χ0n) is 11.0. The molecule has 0 aromatic carbocycles. The molecule has 2 aromatic rings. The molecular formula is C11H13F3N6O. The van der Waals surface area contributed by atoms with Crippen molar-refractivity contribution in [1.82, 2.24) is 15.0 Å². The van der Waals surface area contributed by atoms with Crippen molar-refractivity contribution in [3.63, 3.8) is 0 Å². The van der Waals surface area contributed by atoms with Crippen molar-refractivity contribution in [3.8, 4) is 0 Å². The largest absolute Gasteiger partial charge is 0.444 e. The molecule has 0 fully saturated rings. The summed E-state index contributed by atoms with van der Waals surface area (Å²) in [6, 6.07) is 0.782. The Hall–Kier alpha value is -2.36. The van der Waals surface area contributed by atoms with E-state index in [0.29, 0.717) is 18.1 Å². The van der Waals surface area contributed by atoms with Crippen molar-refractivity contribution >= 4 is 11.8 Å². The number of hydrazine groups is 1. The quantitative estimate of drug-likeness (QED) is 0.573. The first-order valence-corrected chi connectivity index (χ1v) is 6.02. The van der Waals surface area contributed by atoms with Crippen LogP contribution in [0.1, 0.15) is 24.3 Å². The van der Waals surface area contributed by atoms with E-state index in [1.807, 2.05) is 12.3 Å². The number of nitrogen functional groups attached to an aromatic ring is 1. The van der Waals surface area contributed by atoms with Crippen molar-refractivity contribution in [1.29, 1.82) is 0 Å². The van der Waals surface area contributed by atoms with Crippen molar-refractivity contribution < 1.29 is 17.6 Å². The van der Waals surface area contributed by atoms with Crippen LogP contribution in [0.2, 0.25) is 0 Å². The predicted octanol–water partition coefficient (Wildman–Crippen LogP) is 1.94. The number of aryl methyl sites for hydroxylation is 1. The van der Waals surface area contributed by atoms with Gasteiger partial charge in [0.2, 0.25) is 11.8 Å². The Morgan fingerprint density at radius 1 is 1.33 bits per heavy atom. The van der Waals surface area contributed by atoms with Crippen molar-refractivity contribution in [3.05, 3.63) is 29.6 Å². The first kappa shape index (κ1) is 15.0.